The molecule has 1 aromatic heterocycles. The molecule has 0 aliphatic heterocycles. The molecule has 2 rings (SSSR count). The molecule has 0 aliphatic rings. The highest BCUT2D eigenvalue weighted by Crippen LogP contribution is 2.21. The summed E-state index contributed by atoms with van der Waals surface area (Å²) < 4.78 is 41.5. The molecule has 0 aliphatic carbocycles. The van der Waals surface area contributed by atoms with Crippen molar-refractivity contribution in [3.8, 4) is 0 Å². The summed E-state index contributed by atoms with van der Waals surface area (Å²) in [6.45, 7) is 0.615. The Hall–Kier alpha value is -0.800. The lowest BCUT2D eigenvalue weighted by Gasteiger charge is -2.08. The van der Waals surface area contributed by atoms with Gasteiger partial charge in [-0.15, -0.1) is 11.3 Å². The average molecular weight is 393 g/mol. The van der Waals surface area contributed by atoms with Crippen molar-refractivity contribution in [3.63, 3.8) is 0 Å². The number of thiophene rings is 1. The standard InChI is InChI=1S/C13H14BrFN2O2S2/c1-16-6-9-2-3-13(12(15)4-9)21(18,19)17-7-11-5-10(14)8-20-11/h2-5,8,16-17H,6-7H2,1H3. The smallest absolute Gasteiger partial charge is 0.243 e. The predicted molar refractivity (Wildman–Crippen MR) is 85.2 cm³/mol. The van der Waals surface area contributed by atoms with Gasteiger partial charge >= 0.3 is 0 Å². The van der Waals surface area contributed by atoms with Crippen molar-refractivity contribution in [3.05, 3.63) is 50.4 Å². The first kappa shape index (κ1) is 16.6. The van der Waals surface area contributed by atoms with Crippen molar-refractivity contribution in [2.45, 2.75) is 18.0 Å². The van der Waals surface area contributed by atoms with E-state index in [2.05, 4.69) is 26.0 Å². The summed E-state index contributed by atoms with van der Waals surface area (Å²) in [6.07, 6.45) is 0. The first-order valence-electron chi connectivity index (χ1n) is 6.08. The van der Waals surface area contributed by atoms with Crippen LogP contribution in [0.15, 0.2) is 39.0 Å². The number of sulfonamides is 1. The fourth-order valence-electron chi connectivity index (χ4n) is 1.77. The van der Waals surface area contributed by atoms with Gasteiger partial charge in [0.15, 0.2) is 0 Å². The number of hydrogen-bond donors (Lipinski definition) is 2. The van der Waals surface area contributed by atoms with E-state index >= 15 is 0 Å². The van der Waals surface area contributed by atoms with Crippen LogP contribution >= 0.6 is 27.3 Å². The molecule has 0 unspecified atom stereocenters. The highest BCUT2D eigenvalue weighted by Gasteiger charge is 2.19. The summed E-state index contributed by atoms with van der Waals surface area (Å²) >= 11 is 4.72. The van der Waals surface area contributed by atoms with Crippen LogP contribution in [0.2, 0.25) is 0 Å². The van der Waals surface area contributed by atoms with Crippen LogP contribution in [0.1, 0.15) is 10.4 Å². The molecule has 0 radical (unpaired) electrons. The zero-order valence-corrected chi connectivity index (χ0v) is 14.4. The third-order valence-corrected chi connectivity index (χ3v) is 5.86. The first-order valence-corrected chi connectivity index (χ1v) is 9.23. The molecule has 0 spiro atoms. The fourth-order valence-corrected chi connectivity index (χ4v) is 4.31. The molecular weight excluding hydrogens is 379 g/mol. The highest BCUT2D eigenvalue weighted by molar-refractivity contribution is 9.10. The van der Waals surface area contributed by atoms with Crippen molar-refractivity contribution in [1.82, 2.24) is 10.0 Å². The van der Waals surface area contributed by atoms with Gasteiger partial charge in [-0.1, -0.05) is 6.07 Å². The number of nitrogens with one attached hydrogen (secondary N) is 2. The van der Waals surface area contributed by atoms with Crippen LogP contribution in [0.5, 0.6) is 0 Å². The van der Waals surface area contributed by atoms with Crippen LogP contribution in [-0.4, -0.2) is 15.5 Å². The molecule has 21 heavy (non-hydrogen) atoms. The maximum absolute atomic E-state index is 13.9. The minimum atomic E-state index is -3.87. The van der Waals surface area contributed by atoms with E-state index in [-0.39, 0.29) is 11.4 Å². The molecule has 0 saturated heterocycles. The molecule has 8 heteroatoms. The number of rotatable bonds is 6. The van der Waals surface area contributed by atoms with Crippen molar-refractivity contribution >= 4 is 37.3 Å². The topological polar surface area (TPSA) is 58.2 Å². The molecule has 2 aromatic rings. The summed E-state index contributed by atoms with van der Waals surface area (Å²) in [5.41, 5.74) is 0.691. The molecule has 0 atom stereocenters. The summed E-state index contributed by atoms with van der Waals surface area (Å²) in [5, 5.41) is 4.74. The second-order valence-electron chi connectivity index (χ2n) is 4.35. The normalized spacial score (nSPS) is 11.8. The Morgan fingerprint density at radius 1 is 1.29 bits per heavy atom. The van der Waals surface area contributed by atoms with Crippen molar-refractivity contribution in [2.75, 3.05) is 7.05 Å². The van der Waals surface area contributed by atoms with E-state index in [4.69, 9.17) is 0 Å². The molecule has 2 N–H and O–H groups in total. The van der Waals surface area contributed by atoms with Crippen LogP contribution in [0.25, 0.3) is 0 Å². The molecule has 0 fully saturated rings. The second-order valence-corrected chi connectivity index (χ2v) is 8.00. The molecule has 1 aromatic carbocycles. The Bertz CT molecular complexity index is 732. The molecule has 1 heterocycles. The SMILES string of the molecule is CNCc1ccc(S(=O)(=O)NCc2cc(Br)cs2)c(F)c1. The average Bonchev–Trinajstić information content (AvgIpc) is 2.83. The van der Waals surface area contributed by atoms with E-state index in [0.29, 0.717) is 12.1 Å². The zero-order valence-electron chi connectivity index (χ0n) is 11.2. The summed E-state index contributed by atoms with van der Waals surface area (Å²) in [7, 11) is -2.13. The largest absolute Gasteiger partial charge is 0.316 e. The quantitative estimate of drug-likeness (QED) is 0.794. The molecule has 0 saturated carbocycles. The van der Waals surface area contributed by atoms with Gasteiger partial charge in [-0.2, -0.15) is 0 Å². The molecule has 0 bridgehead atoms. The summed E-state index contributed by atoms with van der Waals surface area (Å²) in [5.74, 6) is -0.748. The van der Waals surface area contributed by atoms with E-state index in [1.807, 2.05) is 11.4 Å². The van der Waals surface area contributed by atoms with Crippen LogP contribution in [-0.2, 0) is 23.1 Å². The lowest BCUT2D eigenvalue weighted by molar-refractivity contribution is 0.555. The third-order valence-electron chi connectivity index (χ3n) is 2.72. The van der Waals surface area contributed by atoms with Gasteiger partial charge in [0.05, 0.1) is 0 Å². The van der Waals surface area contributed by atoms with Gasteiger partial charge in [0, 0.05) is 27.8 Å². The maximum Gasteiger partial charge on any atom is 0.243 e. The Morgan fingerprint density at radius 2 is 2.05 bits per heavy atom. The Labute approximate surface area is 135 Å². The van der Waals surface area contributed by atoms with Crippen LogP contribution in [0.3, 0.4) is 0 Å². The van der Waals surface area contributed by atoms with E-state index in [1.165, 1.54) is 23.5 Å². The maximum atomic E-state index is 13.9. The molecular formula is C13H14BrFN2O2S2. The van der Waals surface area contributed by atoms with Crippen molar-refractivity contribution in [2.24, 2.45) is 0 Å². The second kappa shape index (κ2) is 6.97. The summed E-state index contributed by atoms with van der Waals surface area (Å²) in [6, 6.07) is 5.93. The lowest BCUT2D eigenvalue weighted by atomic mass is 10.2. The van der Waals surface area contributed by atoms with Gasteiger partial charge < -0.3 is 5.32 Å². The first-order chi connectivity index (χ1) is 9.92. The molecule has 0 amide bonds. The fraction of sp³-hybridized carbons (Fsp3) is 0.231. The minimum absolute atomic E-state index is 0.135. The number of benzene rings is 1. The number of hydrogen-bond acceptors (Lipinski definition) is 4. The van der Waals surface area contributed by atoms with Crippen LogP contribution < -0.4 is 10.0 Å². The van der Waals surface area contributed by atoms with Gasteiger partial charge in [-0.3, -0.25) is 0 Å². The van der Waals surface area contributed by atoms with Gasteiger partial charge in [-0.25, -0.2) is 17.5 Å². The molecule has 114 valence electrons. The van der Waals surface area contributed by atoms with Crippen molar-refractivity contribution in [1.29, 1.82) is 0 Å². The zero-order chi connectivity index (χ0) is 15.5. The Balaban J connectivity index is 2.15. The van der Waals surface area contributed by atoms with E-state index in [9.17, 15) is 12.8 Å². The monoisotopic (exact) mass is 392 g/mol. The predicted octanol–water partition coefficient (Wildman–Crippen LogP) is 2.85. The van der Waals surface area contributed by atoms with Crippen LogP contribution in [0.4, 0.5) is 4.39 Å². The van der Waals surface area contributed by atoms with E-state index in [1.54, 1.807) is 13.1 Å². The van der Waals surface area contributed by atoms with Gasteiger partial charge in [0.2, 0.25) is 10.0 Å². The Morgan fingerprint density at radius 3 is 2.62 bits per heavy atom. The van der Waals surface area contributed by atoms with Gasteiger partial charge in [0.1, 0.15) is 10.7 Å². The van der Waals surface area contributed by atoms with Gasteiger partial charge in [0.25, 0.3) is 0 Å². The van der Waals surface area contributed by atoms with Crippen molar-refractivity contribution < 1.29 is 12.8 Å². The van der Waals surface area contributed by atoms with E-state index < -0.39 is 15.8 Å². The third kappa shape index (κ3) is 4.33. The Kier molecular flexibility index (Phi) is 5.50. The van der Waals surface area contributed by atoms with Crippen LogP contribution in [0, 0.1) is 5.82 Å². The number of halogens is 2. The molecule has 4 nitrogen and oxygen atoms in total. The van der Waals surface area contributed by atoms with E-state index in [0.717, 1.165) is 9.35 Å². The minimum Gasteiger partial charge on any atom is -0.316 e. The summed E-state index contributed by atoms with van der Waals surface area (Å²) in [4.78, 5) is 0.510. The highest BCUT2D eigenvalue weighted by atomic mass is 79.9. The van der Waals surface area contributed by atoms with Gasteiger partial charge in [-0.05, 0) is 46.7 Å². The lowest BCUT2D eigenvalue weighted by Crippen LogP contribution is -2.24.